The van der Waals surface area contributed by atoms with Gasteiger partial charge in [0.25, 0.3) is 0 Å². The van der Waals surface area contributed by atoms with Crippen LogP contribution in [0.15, 0.2) is 35.4 Å². The number of carbonyl (C=O) groups is 1. The first kappa shape index (κ1) is 12.4. The first-order valence-electron chi connectivity index (χ1n) is 5.62. The lowest BCUT2D eigenvalue weighted by Gasteiger charge is -2.05. The number of carbonyl (C=O) groups excluding carboxylic acids is 1. The van der Waals surface area contributed by atoms with Crippen LogP contribution in [0.4, 0.5) is 0 Å². The maximum absolute atomic E-state index is 10.8. The number of nitrogens with zero attached hydrogens (tertiary/aromatic N) is 1. The third-order valence-electron chi connectivity index (χ3n) is 2.22. The summed E-state index contributed by atoms with van der Waals surface area (Å²) < 4.78 is 0. The Morgan fingerprint density at radius 2 is 2.00 bits per heavy atom. The molecule has 1 aromatic carbocycles. The van der Waals surface area contributed by atoms with Gasteiger partial charge in [-0.25, -0.2) is 5.43 Å². The van der Waals surface area contributed by atoms with E-state index in [1.165, 1.54) is 6.92 Å². The quantitative estimate of drug-likeness (QED) is 0.599. The van der Waals surface area contributed by atoms with Gasteiger partial charge < -0.3 is 0 Å². The van der Waals surface area contributed by atoms with E-state index in [1.54, 1.807) is 0 Å². The fourth-order valence-corrected chi connectivity index (χ4v) is 1.39. The maximum Gasteiger partial charge on any atom is 0.236 e. The van der Waals surface area contributed by atoms with Gasteiger partial charge in [-0.1, -0.05) is 43.7 Å². The van der Waals surface area contributed by atoms with Crippen LogP contribution in [0.25, 0.3) is 0 Å². The summed E-state index contributed by atoms with van der Waals surface area (Å²) in [6.07, 6.45) is 3.08. The average Bonchev–Trinajstić information content (AvgIpc) is 2.30. The van der Waals surface area contributed by atoms with E-state index in [-0.39, 0.29) is 5.91 Å². The van der Waals surface area contributed by atoms with Crippen molar-refractivity contribution in [3.05, 3.63) is 35.9 Å². The average molecular weight is 218 g/mol. The molecule has 0 saturated carbocycles. The molecule has 0 unspecified atom stereocenters. The van der Waals surface area contributed by atoms with Gasteiger partial charge in [0.05, 0.1) is 5.71 Å². The lowest BCUT2D eigenvalue weighted by Crippen LogP contribution is -2.16. The Kier molecular flexibility index (Phi) is 5.26. The molecule has 1 aromatic rings. The highest BCUT2D eigenvalue weighted by Crippen LogP contribution is 2.07. The number of hydrogen-bond donors (Lipinski definition) is 1. The van der Waals surface area contributed by atoms with Crippen molar-refractivity contribution in [1.29, 1.82) is 0 Å². The van der Waals surface area contributed by atoms with Gasteiger partial charge in [-0.15, -0.1) is 0 Å². The molecule has 1 amide bonds. The third-order valence-corrected chi connectivity index (χ3v) is 2.22. The summed E-state index contributed by atoms with van der Waals surface area (Å²) in [5, 5.41) is 4.15. The fourth-order valence-electron chi connectivity index (χ4n) is 1.39. The molecule has 0 saturated heterocycles. The normalized spacial score (nSPS) is 11.2. The van der Waals surface area contributed by atoms with Crippen LogP contribution in [-0.4, -0.2) is 11.6 Å². The number of amides is 1. The summed E-state index contributed by atoms with van der Waals surface area (Å²) in [4.78, 5) is 10.8. The summed E-state index contributed by atoms with van der Waals surface area (Å²) in [5.74, 6) is -0.134. The minimum absolute atomic E-state index is 0.134. The molecule has 0 aliphatic heterocycles. The monoisotopic (exact) mass is 218 g/mol. The van der Waals surface area contributed by atoms with E-state index in [9.17, 15) is 4.79 Å². The van der Waals surface area contributed by atoms with E-state index >= 15 is 0 Å². The Hall–Kier alpha value is -1.64. The molecule has 1 N–H and O–H groups in total. The molecule has 0 radical (unpaired) electrons. The van der Waals surface area contributed by atoms with Crippen molar-refractivity contribution >= 4 is 11.6 Å². The minimum Gasteiger partial charge on any atom is -0.274 e. The topological polar surface area (TPSA) is 41.5 Å². The molecule has 0 heterocycles. The summed E-state index contributed by atoms with van der Waals surface area (Å²) in [5.41, 5.74) is 4.52. The standard InChI is InChI=1S/C13H18N2O/c1-3-4-10-13(15-14-11(2)16)12-8-6-5-7-9-12/h5-9H,3-4,10H2,1-2H3,(H,14,16)/b15-13-. The number of rotatable bonds is 5. The summed E-state index contributed by atoms with van der Waals surface area (Å²) >= 11 is 0. The van der Waals surface area contributed by atoms with Crippen LogP contribution in [0.1, 0.15) is 38.7 Å². The molecule has 1 rings (SSSR count). The Labute approximate surface area is 96.6 Å². The second kappa shape index (κ2) is 6.77. The SMILES string of the molecule is CCCC/C(=N/NC(C)=O)c1ccccc1. The van der Waals surface area contributed by atoms with Gasteiger partial charge >= 0.3 is 0 Å². The Morgan fingerprint density at radius 1 is 1.31 bits per heavy atom. The second-order valence-corrected chi connectivity index (χ2v) is 3.70. The molecule has 0 atom stereocenters. The van der Waals surface area contributed by atoms with E-state index in [1.807, 2.05) is 30.3 Å². The minimum atomic E-state index is -0.134. The summed E-state index contributed by atoms with van der Waals surface area (Å²) in [6.45, 7) is 3.60. The smallest absolute Gasteiger partial charge is 0.236 e. The molecule has 0 spiro atoms. The lowest BCUT2D eigenvalue weighted by atomic mass is 10.1. The van der Waals surface area contributed by atoms with Crippen LogP contribution in [0.2, 0.25) is 0 Å². The van der Waals surface area contributed by atoms with E-state index in [4.69, 9.17) is 0 Å². The van der Waals surface area contributed by atoms with Gasteiger partial charge in [0.2, 0.25) is 5.91 Å². The molecule has 0 aromatic heterocycles. The van der Waals surface area contributed by atoms with Gasteiger partial charge in [-0.05, 0) is 18.4 Å². The van der Waals surface area contributed by atoms with Crippen LogP contribution in [0.5, 0.6) is 0 Å². The van der Waals surface area contributed by atoms with Crippen molar-refractivity contribution in [1.82, 2.24) is 5.43 Å². The van der Waals surface area contributed by atoms with Gasteiger partial charge in [0.15, 0.2) is 0 Å². The number of hydrazone groups is 1. The van der Waals surface area contributed by atoms with Crippen molar-refractivity contribution in [2.24, 2.45) is 5.10 Å². The van der Waals surface area contributed by atoms with E-state index < -0.39 is 0 Å². The number of hydrogen-bond acceptors (Lipinski definition) is 2. The highest BCUT2D eigenvalue weighted by molar-refractivity contribution is 6.00. The van der Waals surface area contributed by atoms with Gasteiger partial charge in [-0.3, -0.25) is 4.79 Å². The maximum atomic E-state index is 10.8. The number of benzene rings is 1. The molecule has 0 fully saturated rings. The molecular formula is C13H18N2O. The van der Waals surface area contributed by atoms with E-state index in [2.05, 4.69) is 17.5 Å². The van der Waals surface area contributed by atoms with Crippen molar-refractivity contribution in [3.63, 3.8) is 0 Å². The van der Waals surface area contributed by atoms with Crippen LogP contribution in [-0.2, 0) is 4.79 Å². The van der Waals surface area contributed by atoms with Crippen molar-refractivity contribution in [3.8, 4) is 0 Å². The Bertz CT molecular complexity index is 357. The predicted octanol–water partition coefficient (Wildman–Crippen LogP) is 2.72. The zero-order valence-corrected chi connectivity index (χ0v) is 9.86. The molecule has 86 valence electrons. The zero-order chi connectivity index (χ0) is 11.8. The molecule has 0 bridgehead atoms. The highest BCUT2D eigenvalue weighted by Gasteiger charge is 2.02. The molecule has 0 aliphatic carbocycles. The van der Waals surface area contributed by atoms with Crippen molar-refractivity contribution in [2.45, 2.75) is 33.1 Å². The summed E-state index contributed by atoms with van der Waals surface area (Å²) in [6, 6.07) is 9.95. The predicted molar refractivity (Wildman–Crippen MR) is 66.3 cm³/mol. The molecule has 3 nitrogen and oxygen atoms in total. The van der Waals surface area contributed by atoms with Crippen LogP contribution < -0.4 is 5.43 Å². The summed E-state index contributed by atoms with van der Waals surface area (Å²) in [7, 11) is 0. The molecule has 3 heteroatoms. The fraction of sp³-hybridized carbons (Fsp3) is 0.385. The number of nitrogens with one attached hydrogen (secondary N) is 1. The molecule has 16 heavy (non-hydrogen) atoms. The van der Waals surface area contributed by atoms with Gasteiger partial charge in [0, 0.05) is 6.92 Å². The van der Waals surface area contributed by atoms with Gasteiger partial charge in [0.1, 0.15) is 0 Å². The van der Waals surface area contributed by atoms with E-state index in [0.717, 1.165) is 30.5 Å². The lowest BCUT2D eigenvalue weighted by molar-refractivity contribution is -0.118. The first-order chi connectivity index (χ1) is 7.74. The largest absolute Gasteiger partial charge is 0.274 e. The van der Waals surface area contributed by atoms with Crippen molar-refractivity contribution < 1.29 is 4.79 Å². The Morgan fingerprint density at radius 3 is 2.56 bits per heavy atom. The molecular weight excluding hydrogens is 200 g/mol. The van der Waals surface area contributed by atoms with Crippen molar-refractivity contribution in [2.75, 3.05) is 0 Å². The molecule has 0 aliphatic rings. The first-order valence-corrected chi connectivity index (χ1v) is 5.62. The van der Waals surface area contributed by atoms with E-state index in [0.29, 0.717) is 0 Å². The van der Waals surface area contributed by atoms with Gasteiger partial charge in [-0.2, -0.15) is 5.10 Å². The highest BCUT2D eigenvalue weighted by atomic mass is 16.2. The van der Waals surface area contributed by atoms with Crippen LogP contribution in [0, 0.1) is 0 Å². The number of unbranched alkanes of at least 4 members (excludes halogenated alkanes) is 1. The second-order valence-electron chi connectivity index (χ2n) is 3.70. The third kappa shape index (κ3) is 4.26. The zero-order valence-electron chi connectivity index (χ0n) is 9.86. The van der Waals surface area contributed by atoms with Crippen LogP contribution in [0.3, 0.4) is 0 Å². The Balaban J connectivity index is 2.78. The van der Waals surface area contributed by atoms with Crippen LogP contribution >= 0.6 is 0 Å².